The van der Waals surface area contributed by atoms with E-state index in [9.17, 15) is 0 Å². The van der Waals surface area contributed by atoms with Crippen LogP contribution in [0.1, 0.15) is 5.69 Å². The zero-order valence-electron chi connectivity index (χ0n) is 12.8. The van der Waals surface area contributed by atoms with Crippen molar-refractivity contribution >= 4 is 17.6 Å². The standard InChI is InChI=1S/C19H17N3O/c1-23-19-12-10-18(11-13-19)22(17-8-3-2-4-9-17)21-15-16-7-5-6-14-20-16/h2-15H,1H3/b21-15+. The first-order valence-corrected chi connectivity index (χ1v) is 7.31. The summed E-state index contributed by atoms with van der Waals surface area (Å²) in [6.45, 7) is 0. The van der Waals surface area contributed by atoms with Gasteiger partial charge in [-0.3, -0.25) is 4.98 Å². The number of rotatable bonds is 5. The summed E-state index contributed by atoms with van der Waals surface area (Å²) >= 11 is 0. The highest BCUT2D eigenvalue weighted by Crippen LogP contribution is 2.27. The fourth-order valence-corrected chi connectivity index (χ4v) is 2.14. The summed E-state index contributed by atoms with van der Waals surface area (Å²) in [5, 5.41) is 6.46. The maximum Gasteiger partial charge on any atom is 0.119 e. The van der Waals surface area contributed by atoms with Gasteiger partial charge < -0.3 is 4.74 Å². The molecule has 0 radical (unpaired) electrons. The highest BCUT2D eigenvalue weighted by Gasteiger charge is 2.07. The smallest absolute Gasteiger partial charge is 0.119 e. The van der Waals surface area contributed by atoms with Crippen LogP contribution in [0.15, 0.2) is 84.1 Å². The number of aromatic nitrogens is 1. The van der Waals surface area contributed by atoms with Crippen LogP contribution in [0, 0.1) is 0 Å². The zero-order valence-corrected chi connectivity index (χ0v) is 12.8. The maximum absolute atomic E-state index is 5.22. The maximum atomic E-state index is 5.22. The molecule has 1 heterocycles. The Labute approximate surface area is 135 Å². The predicted molar refractivity (Wildman–Crippen MR) is 93.4 cm³/mol. The summed E-state index contributed by atoms with van der Waals surface area (Å²) in [7, 11) is 1.66. The molecule has 4 nitrogen and oxygen atoms in total. The van der Waals surface area contributed by atoms with Crippen LogP contribution in [-0.4, -0.2) is 18.3 Å². The molecule has 0 amide bonds. The van der Waals surface area contributed by atoms with E-state index in [0.29, 0.717) is 0 Å². The van der Waals surface area contributed by atoms with E-state index in [1.165, 1.54) is 0 Å². The average molecular weight is 303 g/mol. The molecule has 0 saturated carbocycles. The Kier molecular flexibility index (Phi) is 4.64. The van der Waals surface area contributed by atoms with E-state index in [0.717, 1.165) is 22.8 Å². The normalized spacial score (nSPS) is 10.7. The first-order chi connectivity index (χ1) is 11.4. The molecule has 0 fully saturated rings. The van der Waals surface area contributed by atoms with E-state index in [1.54, 1.807) is 19.5 Å². The number of ether oxygens (including phenoxy) is 1. The second-order valence-corrected chi connectivity index (χ2v) is 4.84. The van der Waals surface area contributed by atoms with Gasteiger partial charge in [0.15, 0.2) is 0 Å². The molecular weight excluding hydrogens is 286 g/mol. The van der Waals surface area contributed by atoms with E-state index in [4.69, 9.17) is 4.74 Å². The summed E-state index contributed by atoms with van der Waals surface area (Å²) in [4.78, 5) is 4.27. The van der Waals surface area contributed by atoms with E-state index in [2.05, 4.69) is 10.1 Å². The summed E-state index contributed by atoms with van der Waals surface area (Å²) in [6, 6.07) is 23.5. The summed E-state index contributed by atoms with van der Waals surface area (Å²) in [5.41, 5.74) is 2.73. The van der Waals surface area contributed by atoms with Gasteiger partial charge in [0.2, 0.25) is 0 Å². The lowest BCUT2D eigenvalue weighted by Crippen LogP contribution is -2.09. The van der Waals surface area contributed by atoms with Crippen molar-refractivity contribution in [2.45, 2.75) is 0 Å². The number of nitrogens with zero attached hydrogens (tertiary/aromatic N) is 3. The number of hydrazone groups is 1. The van der Waals surface area contributed by atoms with Crippen LogP contribution in [0.25, 0.3) is 0 Å². The molecule has 2 aromatic carbocycles. The number of hydrogen-bond donors (Lipinski definition) is 0. The lowest BCUT2D eigenvalue weighted by atomic mass is 10.2. The number of anilines is 2. The molecule has 3 rings (SSSR count). The van der Waals surface area contributed by atoms with Crippen LogP contribution < -0.4 is 9.75 Å². The minimum absolute atomic E-state index is 0.807. The van der Waals surface area contributed by atoms with Gasteiger partial charge in [0.1, 0.15) is 5.75 Å². The topological polar surface area (TPSA) is 37.7 Å². The molecule has 4 heteroatoms. The molecule has 0 saturated heterocycles. The Balaban J connectivity index is 1.95. The van der Waals surface area contributed by atoms with Crippen molar-refractivity contribution < 1.29 is 4.74 Å². The van der Waals surface area contributed by atoms with Gasteiger partial charge in [0.05, 0.1) is 30.4 Å². The molecule has 0 atom stereocenters. The number of benzene rings is 2. The Morgan fingerprint density at radius 1 is 0.870 bits per heavy atom. The highest BCUT2D eigenvalue weighted by atomic mass is 16.5. The first kappa shape index (κ1) is 14.8. The number of pyridine rings is 1. The van der Waals surface area contributed by atoms with Gasteiger partial charge in [-0.05, 0) is 48.5 Å². The minimum Gasteiger partial charge on any atom is -0.497 e. The Hall–Kier alpha value is -3.14. The molecule has 0 unspecified atom stereocenters. The van der Waals surface area contributed by atoms with Crippen LogP contribution in [-0.2, 0) is 0 Å². The van der Waals surface area contributed by atoms with Gasteiger partial charge in [0.25, 0.3) is 0 Å². The molecule has 0 aliphatic heterocycles. The van der Waals surface area contributed by atoms with Crippen molar-refractivity contribution in [1.29, 1.82) is 0 Å². The minimum atomic E-state index is 0.807. The van der Waals surface area contributed by atoms with Gasteiger partial charge in [-0.25, -0.2) is 5.01 Å². The van der Waals surface area contributed by atoms with Crippen molar-refractivity contribution in [1.82, 2.24) is 4.98 Å². The summed E-state index contributed by atoms with van der Waals surface area (Å²) in [6.07, 6.45) is 3.50. The van der Waals surface area contributed by atoms with Gasteiger partial charge in [-0.15, -0.1) is 0 Å². The number of hydrogen-bond acceptors (Lipinski definition) is 4. The molecule has 1 aromatic heterocycles. The van der Waals surface area contributed by atoms with E-state index >= 15 is 0 Å². The molecular formula is C19H17N3O. The van der Waals surface area contributed by atoms with Gasteiger partial charge >= 0.3 is 0 Å². The lowest BCUT2D eigenvalue weighted by molar-refractivity contribution is 0.415. The lowest BCUT2D eigenvalue weighted by Gasteiger charge is -2.19. The second-order valence-electron chi connectivity index (χ2n) is 4.84. The third kappa shape index (κ3) is 3.74. The van der Waals surface area contributed by atoms with Gasteiger partial charge in [0, 0.05) is 6.20 Å². The third-order valence-electron chi connectivity index (χ3n) is 3.31. The van der Waals surface area contributed by atoms with Crippen LogP contribution in [0.4, 0.5) is 11.4 Å². The molecule has 114 valence electrons. The SMILES string of the molecule is COc1ccc(N(/N=C/c2ccccn2)c2ccccc2)cc1. The largest absolute Gasteiger partial charge is 0.497 e. The van der Waals surface area contributed by atoms with Gasteiger partial charge in [-0.1, -0.05) is 24.3 Å². The average Bonchev–Trinajstić information content (AvgIpc) is 2.64. The predicted octanol–water partition coefficient (Wildman–Crippen LogP) is 4.26. The van der Waals surface area contributed by atoms with Crippen molar-refractivity contribution in [3.05, 3.63) is 84.7 Å². The van der Waals surface area contributed by atoms with Crippen LogP contribution in [0.2, 0.25) is 0 Å². The van der Waals surface area contributed by atoms with Crippen LogP contribution in [0.3, 0.4) is 0 Å². The molecule has 0 bridgehead atoms. The first-order valence-electron chi connectivity index (χ1n) is 7.31. The summed E-state index contributed by atoms with van der Waals surface area (Å²) < 4.78 is 5.22. The molecule has 3 aromatic rings. The van der Waals surface area contributed by atoms with E-state index in [1.807, 2.05) is 77.8 Å². The molecule has 0 spiro atoms. The molecule has 0 aliphatic carbocycles. The van der Waals surface area contributed by atoms with Crippen molar-refractivity contribution in [2.75, 3.05) is 12.1 Å². The zero-order chi connectivity index (χ0) is 15.9. The highest BCUT2D eigenvalue weighted by molar-refractivity contribution is 5.79. The van der Waals surface area contributed by atoms with E-state index in [-0.39, 0.29) is 0 Å². The fraction of sp³-hybridized carbons (Fsp3) is 0.0526. The fourth-order valence-electron chi connectivity index (χ4n) is 2.14. The molecule has 23 heavy (non-hydrogen) atoms. The third-order valence-corrected chi connectivity index (χ3v) is 3.31. The van der Waals surface area contributed by atoms with Gasteiger partial charge in [-0.2, -0.15) is 5.10 Å². The Bertz CT molecular complexity index is 756. The van der Waals surface area contributed by atoms with Crippen molar-refractivity contribution in [2.24, 2.45) is 5.10 Å². The second kappa shape index (κ2) is 7.22. The Morgan fingerprint density at radius 2 is 1.57 bits per heavy atom. The Morgan fingerprint density at radius 3 is 2.22 bits per heavy atom. The molecule has 0 N–H and O–H groups in total. The van der Waals surface area contributed by atoms with Crippen molar-refractivity contribution in [3.63, 3.8) is 0 Å². The quantitative estimate of drug-likeness (QED) is 0.522. The van der Waals surface area contributed by atoms with Crippen LogP contribution in [0.5, 0.6) is 5.75 Å². The van der Waals surface area contributed by atoms with E-state index < -0.39 is 0 Å². The number of methoxy groups -OCH3 is 1. The molecule has 0 aliphatic rings. The number of para-hydroxylation sites is 1. The van der Waals surface area contributed by atoms with Crippen LogP contribution >= 0.6 is 0 Å². The monoisotopic (exact) mass is 303 g/mol. The summed E-state index contributed by atoms with van der Waals surface area (Å²) in [5.74, 6) is 0.815. The van der Waals surface area contributed by atoms with Crippen molar-refractivity contribution in [3.8, 4) is 5.75 Å².